The van der Waals surface area contributed by atoms with Crippen LogP contribution in [0.4, 0.5) is 5.69 Å². The zero-order chi connectivity index (χ0) is 19.1. The fraction of sp³-hybridized carbons (Fsp3) is 0.286. The van der Waals surface area contributed by atoms with Crippen molar-refractivity contribution in [2.75, 3.05) is 4.23 Å². The summed E-state index contributed by atoms with van der Waals surface area (Å²) >= 11 is 0. The molecule has 0 unspecified atom stereocenters. The number of rotatable bonds is 4. The maximum Gasteiger partial charge on any atom is 0.193 e. The third kappa shape index (κ3) is 3.69. The molecule has 0 saturated heterocycles. The zero-order valence-electron chi connectivity index (χ0n) is 16.5. The molecule has 0 aliphatic carbocycles. The minimum absolute atomic E-state index is 0.00390. The van der Waals surface area contributed by atoms with Crippen molar-refractivity contribution in [2.45, 2.75) is 39.3 Å². The molecule has 26 heavy (non-hydrogen) atoms. The van der Waals surface area contributed by atoms with Gasteiger partial charge in [-0.15, -0.1) is 0 Å². The Morgan fingerprint density at radius 3 is 2.00 bits per heavy atom. The summed E-state index contributed by atoms with van der Waals surface area (Å²) in [5.41, 5.74) is 2.76. The normalized spacial score (nSPS) is 12.4. The van der Waals surface area contributed by atoms with E-state index in [1.165, 1.54) is 5.69 Å². The van der Waals surface area contributed by atoms with E-state index >= 15 is 0 Å². The van der Waals surface area contributed by atoms with Crippen molar-refractivity contribution in [1.82, 2.24) is 0 Å². The molecule has 5 heteroatoms. The first-order valence-corrected chi connectivity index (χ1v) is 15.9. The standard InChI is InChI=1S/C21H27NO2Si2/c1-25(2,3)22(26(4,5)6)17-12-13-18-19(23)15-20(24-21(18)14-17)16-10-8-7-9-11-16/h7-15H,1-6H3. The van der Waals surface area contributed by atoms with Gasteiger partial charge in [-0.05, 0) is 12.1 Å². The predicted molar refractivity (Wildman–Crippen MR) is 117 cm³/mol. The van der Waals surface area contributed by atoms with E-state index in [1.807, 2.05) is 36.4 Å². The SMILES string of the molecule is C[Si](C)(C)N(c1ccc2c(=O)cc(-c3ccccc3)oc2c1)[Si](C)(C)C. The van der Waals surface area contributed by atoms with Crippen molar-refractivity contribution >= 4 is 33.1 Å². The second kappa shape index (κ2) is 6.56. The molecule has 1 heterocycles. The first-order valence-electron chi connectivity index (χ1n) is 9.01. The molecular weight excluding hydrogens is 354 g/mol. The van der Waals surface area contributed by atoms with Crippen LogP contribution >= 0.6 is 0 Å². The molecule has 0 radical (unpaired) electrons. The Morgan fingerprint density at radius 1 is 0.808 bits per heavy atom. The number of hydrogen-bond acceptors (Lipinski definition) is 3. The van der Waals surface area contributed by atoms with Gasteiger partial charge in [0.05, 0.1) is 5.39 Å². The van der Waals surface area contributed by atoms with E-state index in [0.717, 1.165) is 5.56 Å². The highest BCUT2D eigenvalue weighted by atomic mass is 28.4. The Labute approximate surface area is 157 Å². The second-order valence-electron chi connectivity index (χ2n) is 8.70. The summed E-state index contributed by atoms with van der Waals surface area (Å²) in [5.74, 6) is 0.618. The van der Waals surface area contributed by atoms with Gasteiger partial charge in [-0.3, -0.25) is 4.79 Å². The summed E-state index contributed by atoms with van der Waals surface area (Å²) in [6, 6.07) is 17.4. The van der Waals surface area contributed by atoms with Gasteiger partial charge >= 0.3 is 0 Å². The third-order valence-electron chi connectivity index (χ3n) is 4.37. The molecule has 0 atom stereocenters. The number of benzene rings is 2. The van der Waals surface area contributed by atoms with Gasteiger partial charge < -0.3 is 8.65 Å². The molecule has 3 rings (SSSR count). The molecule has 0 bridgehead atoms. The van der Waals surface area contributed by atoms with Gasteiger partial charge in [0.1, 0.15) is 27.8 Å². The highest BCUT2D eigenvalue weighted by Crippen LogP contribution is 2.31. The van der Waals surface area contributed by atoms with Gasteiger partial charge in [-0.2, -0.15) is 0 Å². The van der Waals surface area contributed by atoms with Crippen molar-refractivity contribution in [3.8, 4) is 11.3 Å². The summed E-state index contributed by atoms with van der Waals surface area (Å²) < 4.78 is 8.78. The van der Waals surface area contributed by atoms with Crippen LogP contribution in [-0.2, 0) is 0 Å². The lowest BCUT2D eigenvalue weighted by molar-refractivity contribution is 0.619. The quantitative estimate of drug-likeness (QED) is 0.525. The summed E-state index contributed by atoms with van der Waals surface area (Å²) in [5, 5.41) is 0.638. The van der Waals surface area contributed by atoms with E-state index in [2.05, 4.69) is 55.6 Å². The van der Waals surface area contributed by atoms with Crippen molar-refractivity contribution in [3.05, 3.63) is 64.8 Å². The molecule has 0 amide bonds. The molecule has 0 fully saturated rings. The van der Waals surface area contributed by atoms with Crippen LogP contribution in [0.2, 0.25) is 39.3 Å². The van der Waals surface area contributed by atoms with Crippen LogP contribution < -0.4 is 9.66 Å². The Bertz CT molecular complexity index is 969. The zero-order valence-corrected chi connectivity index (χ0v) is 18.5. The predicted octanol–water partition coefficient (Wildman–Crippen LogP) is 5.94. The lowest BCUT2D eigenvalue weighted by Crippen LogP contribution is -2.59. The summed E-state index contributed by atoms with van der Waals surface area (Å²) in [4.78, 5) is 12.6. The van der Waals surface area contributed by atoms with E-state index in [4.69, 9.17) is 4.42 Å². The lowest BCUT2D eigenvalue weighted by atomic mass is 10.1. The Balaban J connectivity index is 2.20. The average molecular weight is 382 g/mol. The minimum atomic E-state index is -1.57. The second-order valence-corrected chi connectivity index (χ2v) is 18.7. The molecule has 0 aliphatic rings. The van der Waals surface area contributed by atoms with Gasteiger partial charge in [0.25, 0.3) is 0 Å². The monoisotopic (exact) mass is 381 g/mol. The van der Waals surface area contributed by atoms with Crippen LogP contribution in [0.25, 0.3) is 22.3 Å². The van der Waals surface area contributed by atoms with Crippen LogP contribution in [0.15, 0.2) is 63.8 Å². The molecule has 0 N–H and O–H groups in total. The molecule has 0 spiro atoms. The van der Waals surface area contributed by atoms with E-state index in [1.54, 1.807) is 6.07 Å². The van der Waals surface area contributed by atoms with Crippen LogP contribution in [0.5, 0.6) is 0 Å². The number of anilines is 1. The summed E-state index contributed by atoms with van der Waals surface area (Å²) in [6.45, 7) is 14.2. The van der Waals surface area contributed by atoms with Crippen molar-refractivity contribution in [2.24, 2.45) is 0 Å². The molecule has 3 aromatic rings. The molecule has 2 aromatic carbocycles. The van der Waals surface area contributed by atoms with Gasteiger partial charge in [0.2, 0.25) is 0 Å². The van der Waals surface area contributed by atoms with Crippen molar-refractivity contribution < 1.29 is 4.42 Å². The van der Waals surface area contributed by atoms with Crippen molar-refractivity contribution in [3.63, 3.8) is 0 Å². The summed E-state index contributed by atoms with van der Waals surface area (Å²) in [6.07, 6.45) is 0. The Morgan fingerprint density at radius 2 is 1.42 bits per heavy atom. The minimum Gasteiger partial charge on any atom is -0.456 e. The van der Waals surface area contributed by atoms with Crippen molar-refractivity contribution in [1.29, 1.82) is 0 Å². The molecule has 0 aliphatic heterocycles. The van der Waals surface area contributed by atoms with E-state index in [9.17, 15) is 4.79 Å². The van der Waals surface area contributed by atoms with Gasteiger partial charge in [-0.1, -0.05) is 69.6 Å². The highest BCUT2D eigenvalue weighted by molar-refractivity contribution is 6.99. The maximum absolute atomic E-state index is 12.6. The molecule has 136 valence electrons. The third-order valence-corrected chi connectivity index (χ3v) is 11.6. The number of nitrogens with zero attached hydrogens (tertiary/aromatic N) is 1. The van der Waals surface area contributed by atoms with Gasteiger partial charge in [0, 0.05) is 23.4 Å². The molecule has 3 nitrogen and oxygen atoms in total. The molecular formula is C21H27NO2Si2. The van der Waals surface area contributed by atoms with Crippen LogP contribution in [0.3, 0.4) is 0 Å². The fourth-order valence-corrected chi connectivity index (χ4v) is 13.7. The molecule has 1 aromatic heterocycles. The van der Waals surface area contributed by atoms with E-state index in [0.29, 0.717) is 16.7 Å². The van der Waals surface area contributed by atoms with E-state index < -0.39 is 16.5 Å². The highest BCUT2D eigenvalue weighted by Gasteiger charge is 2.34. The summed E-state index contributed by atoms with van der Waals surface area (Å²) in [7, 11) is -3.13. The topological polar surface area (TPSA) is 33.5 Å². The van der Waals surface area contributed by atoms with Gasteiger partial charge in [0.15, 0.2) is 5.43 Å². The first-order chi connectivity index (χ1) is 12.1. The number of fused-ring (bicyclic) bond motifs is 1. The van der Waals surface area contributed by atoms with Crippen LogP contribution in [-0.4, -0.2) is 16.5 Å². The number of hydrogen-bond donors (Lipinski definition) is 0. The smallest absolute Gasteiger partial charge is 0.193 e. The van der Waals surface area contributed by atoms with Crippen LogP contribution in [0, 0.1) is 0 Å². The van der Waals surface area contributed by atoms with Crippen LogP contribution in [0.1, 0.15) is 0 Å². The van der Waals surface area contributed by atoms with E-state index in [-0.39, 0.29) is 5.43 Å². The largest absolute Gasteiger partial charge is 0.456 e. The Kier molecular flexibility index (Phi) is 4.71. The Hall–Kier alpha value is -2.12. The first kappa shape index (κ1) is 18.7. The fourth-order valence-electron chi connectivity index (χ4n) is 3.81. The molecule has 0 saturated carbocycles. The van der Waals surface area contributed by atoms with Gasteiger partial charge in [-0.25, -0.2) is 0 Å². The maximum atomic E-state index is 12.6. The average Bonchev–Trinajstić information content (AvgIpc) is 2.52. The lowest BCUT2D eigenvalue weighted by Gasteiger charge is -2.45.